The fourth-order valence-electron chi connectivity index (χ4n) is 2.93. The lowest BCUT2D eigenvalue weighted by Crippen LogP contribution is -2.44. The van der Waals surface area contributed by atoms with E-state index in [2.05, 4.69) is 27.5 Å². The van der Waals surface area contributed by atoms with Crippen molar-refractivity contribution < 1.29 is 14.5 Å². The van der Waals surface area contributed by atoms with Crippen LogP contribution in [0.15, 0.2) is 42.5 Å². The average molecular weight is 418 g/mol. The summed E-state index contributed by atoms with van der Waals surface area (Å²) in [5, 5.41) is 15.7. The van der Waals surface area contributed by atoms with Gasteiger partial charge in [0.1, 0.15) is 5.02 Å². The standard InChI is InChI=1S/C19H20ClN5O4/c1-23-8-10-24(11-9-23)15-5-2-13(3-6-15)21-18(26)19(27)22-14-4-7-16(20)17(12-14)25(28)29/h2-7,12H,8-11H2,1H3,(H,21,26)(H,22,27). The van der Waals surface area contributed by atoms with Gasteiger partial charge in [-0.05, 0) is 43.4 Å². The number of hydrogen-bond acceptors (Lipinski definition) is 6. The summed E-state index contributed by atoms with van der Waals surface area (Å²) in [7, 11) is 2.09. The predicted octanol–water partition coefficient (Wildman–Crippen LogP) is 2.58. The average Bonchev–Trinajstić information content (AvgIpc) is 2.70. The SMILES string of the molecule is CN1CCN(c2ccc(NC(=O)C(=O)Nc3ccc(Cl)c([N+](=O)[O-])c3)cc2)CC1. The molecule has 2 aromatic carbocycles. The van der Waals surface area contributed by atoms with Gasteiger partial charge in [-0.1, -0.05) is 11.6 Å². The summed E-state index contributed by atoms with van der Waals surface area (Å²) in [5.41, 5.74) is 1.27. The highest BCUT2D eigenvalue weighted by Crippen LogP contribution is 2.27. The summed E-state index contributed by atoms with van der Waals surface area (Å²) in [6.45, 7) is 3.83. The molecule has 10 heteroatoms. The maximum Gasteiger partial charge on any atom is 0.314 e. The third kappa shape index (κ3) is 5.21. The Balaban J connectivity index is 1.59. The number of nitro benzene ring substituents is 1. The highest BCUT2D eigenvalue weighted by molar-refractivity contribution is 6.43. The zero-order valence-corrected chi connectivity index (χ0v) is 16.5. The molecule has 0 unspecified atom stereocenters. The van der Waals surface area contributed by atoms with E-state index in [1.54, 1.807) is 12.1 Å². The Hall–Kier alpha value is -3.17. The number of halogens is 1. The number of rotatable bonds is 4. The van der Waals surface area contributed by atoms with Crippen molar-refractivity contribution in [2.24, 2.45) is 0 Å². The number of anilines is 3. The molecule has 0 bridgehead atoms. The Morgan fingerprint density at radius 1 is 0.966 bits per heavy atom. The largest absolute Gasteiger partial charge is 0.369 e. The summed E-state index contributed by atoms with van der Waals surface area (Å²) in [6.07, 6.45) is 0. The number of hydrogen-bond donors (Lipinski definition) is 2. The normalized spacial score (nSPS) is 14.3. The Morgan fingerprint density at radius 2 is 1.52 bits per heavy atom. The van der Waals surface area contributed by atoms with Gasteiger partial charge in [-0.25, -0.2) is 0 Å². The van der Waals surface area contributed by atoms with Crippen LogP contribution in [-0.2, 0) is 9.59 Å². The number of nitrogens with zero attached hydrogens (tertiary/aromatic N) is 3. The van der Waals surface area contributed by atoms with Crippen LogP contribution < -0.4 is 15.5 Å². The number of carbonyl (C=O) groups is 2. The molecule has 0 aromatic heterocycles. The van der Waals surface area contributed by atoms with E-state index in [-0.39, 0.29) is 16.4 Å². The van der Waals surface area contributed by atoms with E-state index in [0.717, 1.165) is 37.9 Å². The van der Waals surface area contributed by atoms with Crippen molar-refractivity contribution in [1.29, 1.82) is 0 Å². The van der Waals surface area contributed by atoms with Gasteiger partial charge in [-0.15, -0.1) is 0 Å². The van der Waals surface area contributed by atoms with Crippen molar-refractivity contribution in [3.05, 3.63) is 57.6 Å². The third-order valence-corrected chi connectivity index (χ3v) is 4.92. The molecule has 0 spiro atoms. The van der Waals surface area contributed by atoms with Gasteiger partial charge in [0.05, 0.1) is 4.92 Å². The molecular formula is C19H20ClN5O4. The first kappa shape index (κ1) is 20.6. The van der Waals surface area contributed by atoms with E-state index in [9.17, 15) is 19.7 Å². The van der Waals surface area contributed by atoms with Crippen LogP contribution in [0.1, 0.15) is 0 Å². The van der Waals surface area contributed by atoms with E-state index in [1.165, 1.54) is 12.1 Å². The number of piperazine rings is 1. The van der Waals surface area contributed by atoms with Crippen LogP contribution in [0.2, 0.25) is 5.02 Å². The molecule has 0 aliphatic carbocycles. The molecule has 2 N–H and O–H groups in total. The first-order valence-corrected chi connectivity index (χ1v) is 9.31. The summed E-state index contributed by atoms with van der Waals surface area (Å²) in [6, 6.07) is 11.0. The van der Waals surface area contributed by atoms with Gasteiger partial charge in [0.25, 0.3) is 5.69 Å². The first-order chi connectivity index (χ1) is 13.8. The molecular weight excluding hydrogens is 398 g/mol. The lowest BCUT2D eigenvalue weighted by atomic mass is 10.2. The van der Waals surface area contributed by atoms with Gasteiger partial charge in [-0.2, -0.15) is 0 Å². The van der Waals surface area contributed by atoms with Gasteiger partial charge in [0.2, 0.25) is 0 Å². The number of likely N-dealkylation sites (N-methyl/N-ethyl adjacent to an activating group) is 1. The Bertz CT molecular complexity index is 927. The third-order valence-electron chi connectivity index (χ3n) is 4.60. The molecule has 1 aliphatic rings. The van der Waals surface area contributed by atoms with Crippen LogP contribution in [0.4, 0.5) is 22.7 Å². The smallest absolute Gasteiger partial charge is 0.314 e. The van der Waals surface area contributed by atoms with Crippen LogP contribution in [0, 0.1) is 10.1 Å². The number of amides is 2. The summed E-state index contributed by atoms with van der Waals surface area (Å²) >= 11 is 5.73. The fraction of sp³-hybridized carbons (Fsp3) is 0.263. The fourth-order valence-corrected chi connectivity index (χ4v) is 3.11. The maximum absolute atomic E-state index is 12.1. The monoisotopic (exact) mass is 417 g/mol. The second kappa shape index (κ2) is 8.89. The number of nitrogens with one attached hydrogen (secondary N) is 2. The van der Waals surface area contributed by atoms with Crippen molar-refractivity contribution in [2.45, 2.75) is 0 Å². The van der Waals surface area contributed by atoms with Gasteiger partial charge in [0.15, 0.2) is 0 Å². The van der Waals surface area contributed by atoms with Crippen LogP contribution in [0.25, 0.3) is 0 Å². The number of benzene rings is 2. The molecule has 2 aromatic rings. The van der Waals surface area contributed by atoms with Gasteiger partial charge >= 0.3 is 11.8 Å². The Kier molecular flexibility index (Phi) is 6.30. The zero-order valence-electron chi connectivity index (χ0n) is 15.7. The molecule has 152 valence electrons. The topological polar surface area (TPSA) is 108 Å². The predicted molar refractivity (Wildman–Crippen MR) is 112 cm³/mol. The molecule has 0 saturated carbocycles. The molecule has 1 aliphatic heterocycles. The molecule has 0 atom stereocenters. The molecule has 9 nitrogen and oxygen atoms in total. The Labute approximate surface area is 172 Å². The minimum absolute atomic E-state index is 0.0575. The van der Waals surface area contributed by atoms with Crippen molar-refractivity contribution in [1.82, 2.24) is 4.90 Å². The van der Waals surface area contributed by atoms with Gasteiger partial charge in [-0.3, -0.25) is 19.7 Å². The highest BCUT2D eigenvalue weighted by Gasteiger charge is 2.18. The number of carbonyl (C=O) groups excluding carboxylic acids is 2. The summed E-state index contributed by atoms with van der Waals surface area (Å²) < 4.78 is 0. The lowest BCUT2D eigenvalue weighted by molar-refractivity contribution is -0.384. The number of nitro groups is 1. The van der Waals surface area contributed by atoms with Crippen LogP contribution >= 0.6 is 11.6 Å². The van der Waals surface area contributed by atoms with Gasteiger partial charge in [0, 0.05) is 49.3 Å². The van der Waals surface area contributed by atoms with E-state index in [4.69, 9.17) is 11.6 Å². The Morgan fingerprint density at radius 3 is 2.10 bits per heavy atom. The molecule has 1 saturated heterocycles. The molecule has 1 fully saturated rings. The quantitative estimate of drug-likeness (QED) is 0.449. The van der Waals surface area contributed by atoms with Crippen molar-refractivity contribution >= 4 is 46.2 Å². The van der Waals surface area contributed by atoms with Gasteiger partial charge < -0.3 is 20.4 Å². The molecule has 2 amide bonds. The minimum atomic E-state index is -0.940. The lowest BCUT2D eigenvalue weighted by Gasteiger charge is -2.34. The molecule has 3 rings (SSSR count). The van der Waals surface area contributed by atoms with Crippen molar-refractivity contribution in [3.63, 3.8) is 0 Å². The first-order valence-electron chi connectivity index (χ1n) is 8.93. The summed E-state index contributed by atoms with van der Waals surface area (Å²) in [4.78, 5) is 39.0. The molecule has 1 heterocycles. The van der Waals surface area contributed by atoms with Crippen LogP contribution in [-0.4, -0.2) is 54.9 Å². The minimum Gasteiger partial charge on any atom is -0.369 e. The van der Waals surface area contributed by atoms with Crippen LogP contribution in [0.3, 0.4) is 0 Å². The molecule has 29 heavy (non-hydrogen) atoms. The molecule has 0 radical (unpaired) electrons. The summed E-state index contributed by atoms with van der Waals surface area (Å²) in [5.74, 6) is -1.82. The van der Waals surface area contributed by atoms with E-state index >= 15 is 0 Å². The van der Waals surface area contributed by atoms with Crippen LogP contribution in [0.5, 0.6) is 0 Å². The van der Waals surface area contributed by atoms with E-state index in [1.807, 2.05) is 12.1 Å². The van der Waals surface area contributed by atoms with Crippen molar-refractivity contribution in [3.8, 4) is 0 Å². The maximum atomic E-state index is 12.1. The van der Waals surface area contributed by atoms with Crippen molar-refractivity contribution in [2.75, 3.05) is 48.8 Å². The zero-order chi connectivity index (χ0) is 21.0. The highest BCUT2D eigenvalue weighted by atomic mass is 35.5. The van der Waals surface area contributed by atoms with E-state index in [0.29, 0.717) is 5.69 Å². The van der Waals surface area contributed by atoms with E-state index < -0.39 is 16.7 Å². The second-order valence-electron chi connectivity index (χ2n) is 6.67. The second-order valence-corrected chi connectivity index (χ2v) is 7.08.